The fourth-order valence-electron chi connectivity index (χ4n) is 2.73. The van der Waals surface area contributed by atoms with Crippen molar-refractivity contribution in [1.29, 1.82) is 0 Å². The Hall–Kier alpha value is -1.60. The highest BCUT2D eigenvalue weighted by Crippen LogP contribution is 2.32. The first kappa shape index (κ1) is 18.7. The minimum Gasteiger partial charge on any atom is -0.378 e. The number of rotatable bonds is 6. The van der Waals surface area contributed by atoms with E-state index < -0.39 is 34.5 Å². The third kappa shape index (κ3) is 3.89. The molecule has 0 amide bonds. The number of halogens is 4. The first-order chi connectivity index (χ1) is 11.5. The summed E-state index contributed by atoms with van der Waals surface area (Å²) in [7, 11) is 0. The van der Waals surface area contributed by atoms with E-state index in [-0.39, 0.29) is 26.3 Å². The number of likely N-dealkylation sites (N-methyl/N-ethyl adjacent to an activating group) is 1. The Balaban J connectivity index is 2.32. The standard InChI is InChI=1S/C17H22F4N2O/c1-3-22(4-2)7-5-6-12-13(18)15(20)17(16(21)14(12)19)23-8-10-24-11-9-23/h5-6H,3-4,7-11H2,1-2H3/p+1/b6-5+. The summed E-state index contributed by atoms with van der Waals surface area (Å²) in [5, 5.41) is 0. The normalized spacial score (nSPS) is 15.7. The van der Waals surface area contributed by atoms with Crippen LogP contribution in [0.15, 0.2) is 6.08 Å². The monoisotopic (exact) mass is 347 g/mol. The van der Waals surface area contributed by atoms with Gasteiger partial charge in [-0.05, 0) is 26.0 Å². The molecule has 1 aromatic rings. The topological polar surface area (TPSA) is 16.9 Å². The van der Waals surface area contributed by atoms with E-state index in [0.29, 0.717) is 6.54 Å². The lowest BCUT2D eigenvalue weighted by Gasteiger charge is -2.29. The van der Waals surface area contributed by atoms with Crippen LogP contribution < -0.4 is 9.80 Å². The number of morpholine rings is 1. The number of nitrogens with one attached hydrogen (secondary N) is 1. The number of anilines is 1. The Labute approximate surface area is 139 Å². The number of benzene rings is 1. The molecule has 0 atom stereocenters. The SMILES string of the molecule is CC[NH+](CC)C/C=C/c1c(F)c(F)c(N2CCOCC2)c(F)c1F. The van der Waals surface area contributed by atoms with Crippen molar-refractivity contribution in [2.45, 2.75) is 13.8 Å². The Kier molecular flexibility index (Phi) is 6.62. The van der Waals surface area contributed by atoms with Gasteiger partial charge >= 0.3 is 0 Å². The molecule has 0 spiro atoms. The van der Waals surface area contributed by atoms with Gasteiger partial charge in [0.15, 0.2) is 23.3 Å². The number of hydrogen-bond donors (Lipinski definition) is 1. The molecule has 0 aliphatic carbocycles. The molecule has 1 aromatic carbocycles. The summed E-state index contributed by atoms with van der Waals surface area (Å²) in [6, 6.07) is 0. The molecule has 0 aromatic heterocycles. The molecule has 2 rings (SSSR count). The number of nitrogens with zero attached hydrogens (tertiary/aromatic N) is 1. The zero-order chi connectivity index (χ0) is 17.7. The third-order valence-electron chi connectivity index (χ3n) is 4.29. The van der Waals surface area contributed by atoms with Crippen LogP contribution in [0.4, 0.5) is 23.2 Å². The zero-order valence-corrected chi connectivity index (χ0v) is 14.0. The summed E-state index contributed by atoms with van der Waals surface area (Å²) in [5.74, 6) is -5.43. The van der Waals surface area contributed by atoms with Crippen molar-refractivity contribution in [3.05, 3.63) is 34.9 Å². The minimum absolute atomic E-state index is 0.188. The van der Waals surface area contributed by atoms with Crippen molar-refractivity contribution in [3.63, 3.8) is 0 Å². The van der Waals surface area contributed by atoms with Crippen LogP contribution in [0.25, 0.3) is 6.08 Å². The van der Waals surface area contributed by atoms with Crippen molar-refractivity contribution < 1.29 is 27.2 Å². The third-order valence-corrected chi connectivity index (χ3v) is 4.29. The maximum absolute atomic E-state index is 14.3. The number of hydrogen-bond acceptors (Lipinski definition) is 2. The molecule has 1 N–H and O–H groups in total. The van der Waals surface area contributed by atoms with Crippen molar-refractivity contribution in [1.82, 2.24) is 0 Å². The second-order valence-electron chi connectivity index (χ2n) is 5.68. The molecule has 0 unspecified atom stereocenters. The van der Waals surface area contributed by atoms with E-state index >= 15 is 0 Å². The second kappa shape index (κ2) is 8.48. The van der Waals surface area contributed by atoms with Crippen LogP contribution in [0, 0.1) is 23.3 Å². The van der Waals surface area contributed by atoms with Gasteiger partial charge in [0, 0.05) is 13.1 Å². The predicted octanol–water partition coefficient (Wildman–Crippen LogP) is 2.02. The minimum atomic E-state index is -1.36. The summed E-state index contributed by atoms with van der Waals surface area (Å²) in [6.07, 6.45) is 2.66. The van der Waals surface area contributed by atoms with Crippen LogP contribution in [-0.2, 0) is 4.74 Å². The Morgan fingerprint density at radius 2 is 1.50 bits per heavy atom. The maximum atomic E-state index is 14.3. The van der Waals surface area contributed by atoms with Gasteiger partial charge < -0.3 is 14.5 Å². The van der Waals surface area contributed by atoms with Crippen LogP contribution in [0.1, 0.15) is 19.4 Å². The molecular formula is C17H23F4N2O+. The quantitative estimate of drug-likeness (QED) is 0.626. The van der Waals surface area contributed by atoms with E-state index in [9.17, 15) is 17.6 Å². The zero-order valence-electron chi connectivity index (χ0n) is 14.0. The van der Waals surface area contributed by atoms with Crippen molar-refractivity contribution in [2.24, 2.45) is 0 Å². The van der Waals surface area contributed by atoms with Crippen molar-refractivity contribution in [3.8, 4) is 0 Å². The van der Waals surface area contributed by atoms with Gasteiger partial charge in [-0.2, -0.15) is 0 Å². The summed E-state index contributed by atoms with van der Waals surface area (Å²) in [6.45, 7) is 7.11. The first-order valence-corrected chi connectivity index (χ1v) is 8.19. The fraction of sp³-hybridized carbons (Fsp3) is 0.529. The lowest BCUT2D eigenvalue weighted by molar-refractivity contribution is -0.890. The van der Waals surface area contributed by atoms with Crippen LogP contribution in [0.5, 0.6) is 0 Å². The smallest absolute Gasteiger partial charge is 0.185 e. The summed E-state index contributed by atoms with van der Waals surface area (Å²) in [5.41, 5.74) is -1.33. The molecule has 1 aliphatic rings. The van der Waals surface area contributed by atoms with E-state index in [1.165, 1.54) is 15.9 Å². The fourth-order valence-corrected chi connectivity index (χ4v) is 2.73. The first-order valence-electron chi connectivity index (χ1n) is 8.19. The molecule has 7 heteroatoms. The van der Waals surface area contributed by atoms with Gasteiger partial charge in [-0.25, -0.2) is 17.6 Å². The van der Waals surface area contributed by atoms with Crippen molar-refractivity contribution >= 4 is 11.8 Å². The lowest BCUT2D eigenvalue weighted by atomic mass is 10.1. The van der Waals surface area contributed by atoms with Gasteiger partial charge in [0.05, 0.1) is 38.4 Å². The molecule has 1 heterocycles. The average Bonchev–Trinajstić information content (AvgIpc) is 2.61. The summed E-state index contributed by atoms with van der Waals surface area (Å²) < 4.78 is 62.2. The Bertz CT molecular complexity index is 568. The second-order valence-corrected chi connectivity index (χ2v) is 5.68. The van der Waals surface area contributed by atoms with Gasteiger partial charge in [0.1, 0.15) is 5.69 Å². The molecule has 134 valence electrons. The molecular weight excluding hydrogens is 324 g/mol. The lowest BCUT2D eigenvalue weighted by Crippen LogP contribution is -3.11. The molecule has 1 aliphatic heterocycles. The van der Waals surface area contributed by atoms with Crippen LogP contribution in [-0.4, -0.2) is 45.9 Å². The van der Waals surface area contributed by atoms with E-state index in [4.69, 9.17) is 4.74 Å². The van der Waals surface area contributed by atoms with Crippen LogP contribution in [0.3, 0.4) is 0 Å². The molecule has 3 nitrogen and oxygen atoms in total. The molecule has 0 radical (unpaired) electrons. The van der Waals surface area contributed by atoms with Crippen LogP contribution >= 0.6 is 0 Å². The highest BCUT2D eigenvalue weighted by atomic mass is 19.2. The molecule has 1 fully saturated rings. The van der Waals surface area contributed by atoms with E-state index in [2.05, 4.69) is 0 Å². The number of quaternary nitrogens is 1. The predicted molar refractivity (Wildman–Crippen MR) is 85.3 cm³/mol. The molecule has 1 saturated heterocycles. The Morgan fingerprint density at radius 3 is 2.00 bits per heavy atom. The maximum Gasteiger partial charge on any atom is 0.185 e. The average molecular weight is 347 g/mol. The molecule has 0 bridgehead atoms. The van der Waals surface area contributed by atoms with Gasteiger partial charge in [0.2, 0.25) is 0 Å². The number of ether oxygens (including phenoxy) is 1. The molecule has 24 heavy (non-hydrogen) atoms. The molecule has 0 saturated carbocycles. The summed E-state index contributed by atoms with van der Waals surface area (Å²) in [4.78, 5) is 2.46. The largest absolute Gasteiger partial charge is 0.378 e. The van der Waals surface area contributed by atoms with Crippen molar-refractivity contribution in [2.75, 3.05) is 50.8 Å². The van der Waals surface area contributed by atoms with Gasteiger partial charge in [-0.1, -0.05) is 0 Å². The van der Waals surface area contributed by atoms with Crippen LogP contribution in [0.2, 0.25) is 0 Å². The van der Waals surface area contributed by atoms with Gasteiger partial charge in [-0.3, -0.25) is 0 Å². The highest BCUT2D eigenvalue weighted by Gasteiger charge is 2.28. The highest BCUT2D eigenvalue weighted by molar-refractivity contribution is 5.60. The Morgan fingerprint density at radius 1 is 0.958 bits per heavy atom. The van der Waals surface area contributed by atoms with E-state index in [0.717, 1.165) is 19.2 Å². The van der Waals surface area contributed by atoms with E-state index in [1.54, 1.807) is 0 Å². The van der Waals surface area contributed by atoms with E-state index in [1.807, 2.05) is 13.8 Å². The summed E-state index contributed by atoms with van der Waals surface area (Å²) >= 11 is 0. The van der Waals surface area contributed by atoms with Gasteiger partial charge in [0.25, 0.3) is 0 Å². The van der Waals surface area contributed by atoms with Gasteiger partial charge in [-0.15, -0.1) is 0 Å².